The van der Waals surface area contributed by atoms with Gasteiger partial charge in [-0.25, -0.2) is 4.79 Å². The SMILES string of the molecule is O=C(O)CCCNC(=O)Nc1cccc(C(=O)N2CCCCC2)c1. The fraction of sp³-hybridized carbons (Fsp3) is 0.471. The van der Waals surface area contributed by atoms with E-state index in [2.05, 4.69) is 10.6 Å². The molecular weight excluding hydrogens is 310 g/mol. The van der Waals surface area contributed by atoms with E-state index >= 15 is 0 Å². The number of rotatable bonds is 6. The Morgan fingerprint density at radius 3 is 2.58 bits per heavy atom. The van der Waals surface area contributed by atoms with Gasteiger partial charge in [-0.15, -0.1) is 0 Å². The topological polar surface area (TPSA) is 98.7 Å². The van der Waals surface area contributed by atoms with Crippen LogP contribution in [0, 0.1) is 0 Å². The fourth-order valence-electron chi connectivity index (χ4n) is 2.63. The number of likely N-dealkylation sites (tertiary alicyclic amines) is 1. The number of hydrogen-bond acceptors (Lipinski definition) is 3. The summed E-state index contributed by atoms with van der Waals surface area (Å²) in [6.07, 6.45) is 3.61. The average Bonchev–Trinajstić information content (AvgIpc) is 2.59. The molecule has 0 saturated carbocycles. The zero-order chi connectivity index (χ0) is 17.4. The minimum atomic E-state index is -0.888. The number of carboxylic acids is 1. The van der Waals surface area contributed by atoms with Crippen LogP contribution in [0.15, 0.2) is 24.3 Å². The van der Waals surface area contributed by atoms with Crippen LogP contribution >= 0.6 is 0 Å². The van der Waals surface area contributed by atoms with Gasteiger partial charge in [0.05, 0.1) is 0 Å². The van der Waals surface area contributed by atoms with Crippen LogP contribution in [-0.4, -0.2) is 47.5 Å². The number of urea groups is 1. The van der Waals surface area contributed by atoms with Crippen molar-refractivity contribution >= 4 is 23.6 Å². The van der Waals surface area contributed by atoms with Gasteiger partial charge in [0.15, 0.2) is 0 Å². The van der Waals surface area contributed by atoms with Crippen molar-refractivity contribution < 1.29 is 19.5 Å². The van der Waals surface area contributed by atoms with Crippen molar-refractivity contribution in [1.29, 1.82) is 0 Å². The lowest BCUT2D eigenvalue weighted by molar-refractivity contribution is -0.137. The smallest absolute Gasteiger partial charge is 0.319 e. The maximum atomic E-state index is 12.5. The van der Waals surface area contributed by atoms with Crippen molar-refractivity contribution in [3.8, 4) is 0 Å². The second-order valence-electron chi connectivity index (χ2n) is 5.81. The number of carbonyl (C=O) groups excluding carboxylic acids is 2. The summed E-state index contributed by atoms with van der Waals surface area (Å²) < 4.78 is 0. The molecule has 1 aliphatic heterocycles. The van der Waals surface area contributed by atoms with E-state index in [-0.39, 0.29) is 18.9 Å². The first kappa shape index (κ1) is 17.8. The summed E-state index contributed by atoms with van der Waals surface area (Å²) in [5.41, 5.74) is 1.09. The van der Waals surface area contributed by atoms with Crippen LogP contribution in [0.4, 0.5) is 10.5 Å². The van der Waals surface area contributed by atoms with Gasteiger partial charge in [-0.05, 0) is 43.9 Å². The van der Waals surface area contributed by atoms with E-state index in [1.54, 1.807) is 24.3 Å². The first-order chi connectivity index (χ1) is 11.6. The van der Waals surface area contributed by atoms with Crippen LogP contribution in [0.5, 0.6) is 0 Å². The predicted molar refractivity (Wildman–Crippen MR) is 90.1 cm³/mol. The monoisotopic (exact) mass is 333 g/mol. The number of nitrogens with zero attached hydrogens (tertiary/aromatic N) is 1. The number of piperidine rings is 1. The minimum absolute atomic E-state index is 0.0137. The van der Waals surface area contributed by atoms with Gasteiger partial charge in [0.1, 0.15) is 0 Å². The number of benzene rings is 1. The maximum Gasteiger partial charge on any atom is 0.319 e. The Kier molecular flexibility index (Phi) is 6.60. The summed E-state index contributed by atoms with van der Waals surface area (Å²) in [7, 11) is 0. The number of anilines is 1. The summed E-state index contributed by atoms with van der Waals surface area (Å²) in [5, 5.41) is 13.8. The summed E-state index contributed by atoms with van der Waals surface area (Å²) in [4.78, 5) is 36.5. The lowest BCUT2D eigenvalue weighted by Gasteiger charge is -2.26. The van der Waals surface area contributed by atoms with Gasteiger partial charge in [0, 0.05) is 37.3 Å². The van der Waals surface area contributed by atoms with Crippen LogP contribution in [-0.2, 0) is 4.79 Å². The first-order valence-electron chi connectivity index (χ1n) is 8.22. The molecule has 0 atom stereocenters. The van der Waals surface area contributed by atoms with E-state index in [1.165, 1.54) is 0 Å². The molecule has 24 heavy (non-hydrogen) atoms. The fourth-order valence-corrected chi connectivity index (χ4v) is 2.63. The van der Waals surface area contributed by atoms with Gasteiger partial charge in [-0.1, -0.05) is 6.07 Å². The highest BCUT2D eigenvalue weighted by Crippen LogP contribution is 2.16. The average molecular weight is 333 g/mol. The molecule has 7 heteroatoms. The van der Waals surface area contributed by atoms with Crippen LogP contribution in [0.3, 0.4) is 0 Å². The number of carbonyl (C=O) groups is 3. The number of aliphatic carboxylic acids is 1. The molecule has 0 aliphatic carbocycles. The molecule has 0 bridgehead atoms. The normalized spacial score (nSPS) is 14.1. The zero-order valence-electron chi connectivity index (χ0n) is 13.6. The molecule has 1 aliphatic rings. The molecular formula is C17H23N3O4. The van der Waals surface area contributed by atoms with E-state index < -0.39 is 12.0 Å². The third-order valence-corrected chi connectivity index (χ3v) is 3.86. The molecule has 130 valence electrons. The van der Waals surface area contributed by atoms with Crippen molar-refractivity contribution in [1.82, 2.24) is 10.2 Å². The highest BCUT2D eigenvalue weighted by molar-refractivity contribution is 5.97. The quantitative estimate of drug-likeness (QED) is 0.696. The maximum absolute atomic E-state index is 12.5. The molecule has 1 saturated heterocycles. The number of nitrogens with one attached hydrogen (secondary N) is 2. The van der Waals surface area contributed by atoms with Gasteiger partial charge < -0.3 is 20.6 Å². The van der Waals surface area contributed by atoms with Crippen molar-refractivity contribution in [2.24, 2.45) is 0 Å². The van der Waals surface area contributed by atoms with Gasteiger partial charge in [0.25, 0.3) is 5.91 Å². The number of hydrogen-bond donors (Lipinski definition) is 3. The largest absolute Gasteiger partial charge is 0.481 e. The third-order valence-electron chi connectivity index (χ3n) is 3.86. The molecule has 0 unspecified atom stereocenters. The lowest BCUT2D eigenvalue weighted by atomic mass is 10.1. The Labute approximate surface area is 141 Å². The number of amides is 3. The summed E-state index contributed by atoms with van der Waals surface area (Å²) in [6, 6.07) is 6.43. The molecule has 1 aromatic carbocycles. The summed E-state index contributed by atoms with van der Waals surface area (Å²) in [5.74, 6) is -0.902. The molecule has 0 spiro atoms. The highest BCUT2D eigenvalue weighted by Gasteiger charge is 2.18. The molecule has 7 nitrogen and oxygen atoms in total. The Morgan fingerprint density at radius 1 is 1.12 bits per heavy atom. The van der Waals surface area contributed by atoms with E-state index in [0.29, 0.717) is 17.7 Å². The third kappa shape index (κ3) is 5.57. The Morgan fingerprint density at radius 2 is 1.88 bits per heavy atom. The summed E-state index contributed by atoms with van der Waals surface area (Å²) in [6.45, 7) is 1.84. The van der Waals surface area contributed by atoms with Gasteiger partial charge >= 0.3 is 12.0 Å². The van der Waals surface area contributed by atoms with E-state index in [4.69, 9.17) is 5.11 Å². The molecule has 0 aromatic heterocycles. The van der Waals surface area contributed by atoms with Crippen molar-refractivity contribution in [3.05, 3.63) is 29.8 Å². The lowest BCUT2D eigenvalue weighted by Crippen LogP contribution is -2.35. The Hall–Kier alpha value is -2.57. The van der Waals surface area contributed by atoms with Gasteiger partial charge in [0.2, 0.25) is 0 Å². The minimum Gasteiger partial charge on any atom is -0.481 e. The van der Waals surface area contributed by atoms with E-state index in [1.807, 2.05) is 4.90 Å². The van der Waals surface area contributed by atoms with Crippen LogP contribution in [0.1, 0.15) is 42.5 Å². The van der Waals surface area contributed by atoms with E-state index in [9.17, 15) is 14.4 Å². The van der Waals surface area contributed by atoms with Gasteiger partial charge in [-0.3, -0.25) is 9.59 Å². The van der Waals surface area contributed by atoms with E-state index in [0.717, 1.165) is 32.4 Å². The van der Waals surface area contributed by atoms with Crippen molar-refractivity contribution in [2.75, 3.05) is 25.0 Å². The first-order valence-corrected chi connectivity index (χ1v) is 8.22. The van der Waals surface area contributed by atoms with Crippen molar-refractivity contribution in [3.63, 3.8) is 0 Å². The molecule has 3 N–H and O–H groups in total. The van der Waals surface area contributed by atoms with Crippen molar-refractivity contribution in [2.45, 2.75) is 32.1 Å². The van der Waals surface area contributed by atoms with Crippen LogP contribution in [0.25, 0.3) is 0 Å². The molecule has 1 fully saturated rings. The molecule has 2 rings (SSSR count). The zero-order valence-corrected chi connectivity index (χ0v) is 13.6. The highest BCUT2D eigenvalue weighted by atomic mass is 16.4. The second-order valence-corrected chi connectivity index (χ2v) is 5.81. The van der Waals surface area contributed by atoms with Crippen LogP contribution in [0.2, 0.25) is 0 Å². The second kappa shape index (κ2) is 8.90. The molecule has 1 aromatic rings. The molecule has 3 amide bonds. The summed E-state index contributed by atoms with van der Waals surface area (Å²) >= 11 is 0. The number of carboxylic acid groups (broad SMARTS) is 1. The molecule has 1 heterocycles. The van der Waals surface area contributed by atoms with Gasteiger partial charge in [-0.2, -0.15) is 0 Å². The standard InChI is InChI=1S/C17H23N3O4/c21-15(22)8-5-9-18-17(24)19-14-7-4-6-13(12-14)16(23)20-10-2-1-3-11-20/h4,6-7,12H,1-3,5,8-11H2,(H,21,22)(H2,18,19,24). The Bertz CT molecular complexity index is 597. The Balaban J connectivity index is 1.86. The molecule has 0 radical (unpaired) electrons. The van der Waals surface area contributed by atoms with Crippen LogP contribution < -0.4 is 10.6 Å². The predicted octanol–water partition coefficient (Wildman–Crippen LogP) is 2.30.